The Kier molecular flexibility index (Phi) is 5.19. The van der Waals surface area contributed by atoms with Gasteiger partial charge in [-0.25, -0.2) is 14.4 Å². The molecule has 2 aromatic heterocycles. The number of hydrogen-bond donors (Lipinski definition) is 0. The van der Waals surface area contributed by atoms with Gasteiger partial charge < -0.3 is 0 Å². The van der Waals surface area contributed by atoms with Gasteiger partial charge in [-0.2, -0.15) is 5.26 Å². The second kappa shape index (κ2) is 8.30. The van der Waals surface area contributed by atoms with Gasteiger partial charge in [0.25, 0.3) is 0 Å². The number of ketones is 1. The van der Waals surface area contributed by atoms with Gasteiger partial charge in [-0.15, -0.1) is 0 Å². The SMILES string of the molecule is C[C@@H]1C(=O)C(C#N)C[C@@]2(C)c3nc(-c4ccnc5ccccc45)nc(-c4ccccc4F)c3CC[C@@H]12. The third-order valence-electron chi connectivity index (χ3n) is 8.27. The van der Waals surface area contributed by atoms with Crippen LogP contribution >= 0.6 is 0 Å². The van der Waals surface area contributed by atoms with Crippen molar-refractivity contribution in [3.05, 3.63) is 77.9 Å². The highest BCUT2D eigenvalue weighted by Gasteiger charge is 2.53. The normalized spacial score (nSPS) is 25.2. The Morgan fingerprint density at radius 2 is 1.83 bits per heavy atom. The molecule has 36 heavy (non-hydrogen) atoms. The lowest BCUT2D eigenvalue weighted by Crippen LogP contribution is -2.50. The van der Waals surface area contributed by atoms with Crippen LogP contribution in [0.25, 0.3) is 33.5 Å². The summed E-state index contributed by atoms with van der Waals surface area (Å²) in [5, 5.41) is 10.7. The number of para-hydroxylation sites is 1. The first-order chi connectivity index (χ1) is 17.4. The van der Waals surface area contributed by atoms with Crippen molar-refractivity contribution in [1.82, 2.24) is 15.0 Å². The van der Waals surface area contributed by atoms with E-state index < -0.39 is 11.3 Å². The Morgan fingerprint density at radius 1 is 1.06 bits per heavy atom. The topological polar surface area (TPSA) is 79.5 Å². The minimum Gasteiger partial charge on any atom is -0.298 e. The van der Waals surface area contributed by atoms with Crippen molar-refractivity contribution < 1.29 is 9.18 Å². The van der Waals surface area contributed by atoms with Crippen molar-refractivity contribution in [2.24, 2.45) is 17.8 Å². The number of rotatable bonds is 2. The van der Waals surface area contributed by atoms with E-state index >= 15 is 4.39 Å². The van der Waals surface area contributed by atoms with Gasteiger partial charge in [-0.05, 0) is 49.4 Å². The molecule has 1 saturated carbocycles. The molecular formula is C30H25FN4O. The van der Waals surface area contributed by atoms with Gasteiger partial charge in [0.15, 0.2) is 11.6 Å². The number of carbonyl (C=O) groups is 1. The number of fused-ring (bicyclic) bond motifs is 4. The maximum absolute atomic E-state index is 15.1. The van der Waals surface area contributed by atoms with Crippen LogP contribution in [0, 0.1) is 34.9 Å². The lowest BCUT2D eigenvalue weighted by molar-refractivity contribution is -0.132. The highest BCUT2D eigenvalue weighted by molar-refractivity contribution is 5.93. The molecule has 0 spiro atoms. The van der Waals surface area contributed by atoms with Crippen LogP contribution < -0.4 is 0 Å². The third-order valence-corrected chi connectivity index (χ3v) is 8.27. The van der Waals surface area contributed by atoms with Gasteiger partial charge in [0.1, 0.15) is 11.7 Å². The van der Waals surface area contributed by atoms with E-state index in [9.17, 15) is 10.1 Å². The number of halogens is 1. The van der Waals surface area contributed by atoms with Gasteiger partial charge in [-0.1, -0.05) is 44.2 Å². The number of hydrogen-bond acceptors (Lipinski definition) is 5. The number of carbonyl (C=O) groups excluding carboxylic acids is 1. The van der Waals surface area contributed by atoms with Gasteiger partial charge in [0, 0.05) is 39.6 Å². The second-order valence-electron chi connectivity index (χ2n) is 10.2. The molecule has 2 aliphatic rings. The van der Waals surface area contributed by atoms with E-state index in [0.29, 0.717) is 29.9 Å². The van der Waals surface area contributed by atoms with Crippen LogP contribution in [-0.2, 0) is 16.6 Å². The predicted molar refractivity (Wildman–Crippen MR) is 135 cm³/mol. The molecule has 178 valence electrons. The van der Waals surface area contributed by atoms with Gasteiger partial charge in [-0.3, -0.25) is 9.78 Å². The first-order valence-electron chi connectivity index (χ1n) is 12.4. The Balaban J connectivity index is 1.66. The van der Waals surface area contributed by atoms with E-state index in [-0.39, 0.29) is 23.4 Å². The zero-order valence-corrected chi connectivity index (χ0v) is 20.2. The lowest BCUT2D eigenvalue weighted by Gasteiger charge is -2.49. The molecule has 4 aromatic rings. The quantitative estimate of drug-likeness (QED) is 0.351. The maximum Gasteiger partial charge on any atom is 0.160 e. The number of aromatic nitrogens is 3. The fourth-order valence-corrected chi connectivity index (χ4v) is 6.47. The highest BCUT2D eigenvalue weighted by Crippen LogP contribution is 2.53. The van der Waals surface area contributed by atoms with Crippen LogP contribution in [0.2, 0.25) is 0 Å². The van der Waals surface area contributed by atoms with Crippen molar-refractivity contribution >= 4 is 16.7 Å². The zero-order valence-electron chi connectivity index (χ0n) is 20.2. The molecule has 0 aliphatic heterocycles. The summed E-state index contributed by atoms with van der Waals surface area (Å²) in [7, 11) is 0. The molecule has 5 nitrogen and oxygen atoms in total. The average Bonchev–Trinajstić information content (AvgIpc) is 2.90. The van der Waals surface area contributed by atoms with Gasteiger partial charge in [0.2, 0.25) is 0 Å². The zero-order chi connectivity index (χ0) is 25.0. The second-order valence-corrected chi connectivity index (χ2v) is 10.2. The molecule has 0 N–H and O–H groups in total. The first-order valence-corrected chi connectivity index (χ1v) is 12.4. The fraction of sp³-hybridized carbons (Fsp3) is 0.300. The molecule has 0 radical (unpaired) electrons. The van der Waals surface area contributed by atoms with Crippen molar-refractivity contribution in [2.45, 2.75) is 38.5 Å². The van der Waals surface area contributed by atoms with Gasteiger partial charge >= 0.3 is 0 Å². The van der Waals surface area contributed by atoms with Crippen LogP contribution in [0.4, 0.5) is 4.39 Å². The smallest absolute Gasteiger partial charge is 0.160 e. The van der Waals surface area contributed by atoms with Gasteiger partial charge in [0.05, 0.1) is 23.0 Å². The molecule has 2 heterocycles. The number of benzene rings is 2. The lowest BCUT2D eigenvalue weighted by atomic mass is 9.54. The van der Waals surface area contributed by atoms with Crippen LogP contribution in [0.3, 0.4) is 0 Å². The molecule has 6 heteroatoms. The Bertz CT molecular complexity index is 1570. The average molecular weight is 477 g/mol. The van der Waals surface area contributed by atoms with E-state index in [4.69, 9.17) is 9.97 Å². The number of pyridine rings is 1. The Labute approximate surface area is 209 Å². The van der Waals surface area contributed by atoms with Crippen molar-refractivity contribution in [1.29, 1.82) is 5.26 Å². The van der Waals surface area contributed by atoms with E-state index in [1.54, 1.807) is 18.3 Å². The first kappa shape index (κ1) is 22.5. The maximum atomic E-state index is 15.1. The fourth-order valence-electron chi connectivity index (χ4n) is 6.47. The molecule has 1 fully saturated rings. The largest absolute Gasteiger partial charge is 0.298 e. The molecule has 0 amide bonds. The van der Waals surface area contributed by atoms with Crippen LogP contribution in [0.5, 0.6) is 0 Å². The Morgan fingerprint density at radius 3 is 2.64 bits per heavy atom. The predicted octanol–water partition coefficient (Wildman–Crippen LogP) is 6.07. The molecule has 1 unspecified atom stereocenters. The Hall–Kier alpha value is -3.98. The number of Topliss-reactive ketones (excluding diaryl/α,β-unsaturated/α-hetero) is 1. The molecule has 4 atom stereocenters. The van der Waals surface area contributed by atoms with E-state index in [1.165, 1.54) is 6.07 Å². The summed E-state index contributed by atoms with van der Waals surface area (Å²) in [4.78, 5) is 27.5. The summed E-state index contributed by atoms with van der Waals surface area (Å²) >= 11 is 0. The standard InChI is InChI=1S/C30H25FN4O/c1-17-23-12-11-22-26(21-8-3-5-9-24(21)31)34-29(20-13-14-33-25-10-6-4-7-19(20)25)35-28(22)30(23,2)15-18(16-32)27(17)36/h3-10,13-14,17-18,23H,11-12,15H2,1-2H3/t17-,18?,23-,30+/m0/s1. The molecular weight excluding hydrogens is 451 g/mol. The summed E-state index contributed by atoms with van der Waals surface area (Å²) in [6.45, 7) is 4.06. The number of nitrogens with zero attached hydrogens (tertiary/aromatic N) is 4. The minimum absolute atomic E-state index is 0.0205. The monoisotopic (exact) mass is 476 g/mol. The molecule has 0 saturated heterocycles. The minimum atomic E-state index is -0.677. The molecule has 0 bridgehead atoms. The molecule has 2 aliphatic carbocycles. The summed E-state index contributed by atoms with van der Waals surface area (Å²) in [6.07, 6.45) is 3.58. The third kappa shape index (κ3) is 3.26. The van der Waals surface area contributed by atoms with Crippen LogP contribution in [-0.4, -0.2) is 20.7 Å². The molecule has 6 rings (SSSR count). The van der Waals surface area contributed by atoms with E-state index in [0.717, 1.165) is 34.1 Å². The summed E-state index contributed by atoms with van der Waals surface area (Å²) in [6, 6.07) is 18.6. The van der Waals surface area contributed by atoms with Crippen molar-refractivity contribution in [3.8, 4) is 28.7 Å². The molecule has 2 aromatic carbocycles. The van der Waals surface area contributed by atoms with Crippen molar-refractivity contribution in [2.75, 3.05) is 0 Å². The van der Waals surface area contributed by atoms with Crippen LogP contribution in [0.1, 0.15) is 37.9 Å². The highest BCUT2D eigenvalue weighted by atomic mass is 19.1. The summed E-state index contributed by atoms with van der Waals surface area (Å²) in [5.74, 6) is -0.661. The summed E-state index contributed by atoms with van der Waals surface area (Å²) < 4.78 is 15.1. The van der Waals surface area contributed by atoms with E-state index in [2.05, 4.69) is 18.0 Å². The number of nitriles is 1. The van der Waals surface area contributed by atoms with E-state index in [1.807, 2.05) is 43.3 Å². The summed E-state index contributed by atoms with van der Waals surface area (Å²) in [5.41, 5.74) is 3.93. The van der Waals surface area contributed by atoms with Crippen molar-refractivity contribution in [3.63, 3.8) is 0 Å². The van der Waals surface area contributed by atoms with Crippen LogP contribution in [0.15, 0.2) is 60.8 Å².